The first-order valence-electron chi connectivity index (χ1n) is 9.15. The van der Waals surface area contributed by atoms with Gasteiger partial charge in [-0.2, -0.15) is 4.98 Å². The van der Waals surface area contributed by atoms with Gasteiger partial charge < -0.3 is 10.2 Å². The molecule has 0 fully saturated rings. The molecule has 0 unspecified atom stereocenters. The molecule has 9 heteroatoms. The first kappa shape index (κ1) is 20.8. The van der Waals surface area contributed by atoms with Crippen LogP contribution in [0.4, 0.5) is 10.8 Å². The van der Waals surface area contributed by atoms with Gasteiger partial charge in [0.1, 0.15) is 16.1 Å². The molecule has 2 heterocycles. The van der Waals surface area contributed by atoms with Gasteiger partial charge >= 0.3 is 0 Å². The minimum Gasteiger partial charge on any atom is -0.348 e. The lowest BCUT2D eigenvalue weighted by molar-refractivity contribution is -0.113. The Kier molecular flexibility index (Phi) is 7.47. The molecule has 0 saturated carbocycles. The Balaban J connectivity index is 1.70. The number of thiazole rings is 1. The zero-order valence-electron chi connectivity index (χ0n) is 15.8. The number of carbonyl (C=O) groups excluding carboxylic acids is 1. The highest BCUT2D eigenvalue weighted by atomic mass is 35.5. The SMILES string of the molecule is CCCN(CCC)c1nc2ncnc(SCC(=O)Nc3ccc(Cl)cc3)c2s1. The summed E-state index contributed by atoms with van der Waals surface area (Å²) in [7, 11) is 0. The molecule has 0 aliphatic rings. The normalized spacial score (nSPS) is 11.0. The Morgan fingerprint density at radius 3 is 2.57 bits per heavy atom. The summed E-state index contributed by atoms with van der Waals surface area (Å²) in [5.41, 5.74) is 1.41. The van der Waals surface area contributed by atoms with E-state index in [1.165, 1.54) is 18.1 Å². The maximum atomic E-state index is 12.3. The van der Waals surface area contributed by atoms with Crippen LogP contribution >= 0.6 is 34.7 Å². The number of hydrogen-bond acceptors (Lipinski definition) is 7. The topological polar surface area (TPSA) is 71.0 Å². The van der Waals surface area contributed by atoms with Crippen LogP contribution in [-0.2, 0) is 4.79 Å². The lowest BCUT2D eigenvalue weighted by Crippen LogP contribution is -2.24. The summed E-state index contributed by atoms with van der Waals surface area (Å²) >= 11 is 8.86. The van der Waals surface area contributed by atoms with Gasteiger partial charge in [0.25, 0.3) is 0 Å². The predicted molar refractivity (Wildman–Crippen MR) is 119 cm³/mol. The molecular formula is C19H22ClN5OS2. The molecule has 0 aliphatic heterocycles. The van der Waals surface area contributed by atoms with Crippen molar-refractivity contribution < 1.29 is 4.79 Å². The number of carbonyl (C=O) groups is 1. The van der Waals surface area contributed by atoms with Crippen LogP contribution in [0.25, 0.3) is 10.3 Å². The minimum absolute atomic E-state index is 0.0950. The fourth-order valence-corrected chi connectivity index (χ4v) is 4.74. The number of anilines is 2. The Morgan fingerprint density at radius 1 is 1.18 bits per heavy atom. The smallest absolute Gasteiger partial charge is 0.234 e. The zero-order chi connectivity index (χ0) is 19.9. The summed E-state index contributed by atoms with van der Waals surface area (Å²) in [6, 6.07) is 7.05. The van der Waals surface area contributed by atoms with Crippen LogP contribution in [0.5, 0.6) is 0 Å². The summed E-state index contributed by atoms with van der Waals surface area (Å²) in [6.07, 6.45) is 3.64. The van der Waals surface area contributed by atoms with Crippen molar-refractivity contribution in [3.8, 4) is 0 Å². The molecule has 148 valence electrons. The molecule has 3 rings (SSSR count). The lowest BCUT2D eigenvalue weighted by atomic mass is 10.3. The highest BCUT2D eigenvalue weighted by molar-refractivity contribution is 8.00. The Hall–Kier alpha value is -1.90. The molecule has 28 heavy (non-hydrogen) atoms. The summed E-state index contributed by atoms with van der Waals surface area (Å²) in [6.45, 7) is 6.26. The van der Waals surface area contributed by atoms with E-state index in [0.29, 0.717) is 10.7 Å². The number of nitrogens with one attached hydrogen (secondary N) is 1. The van der Waals surface area contributed by atoms with Gasteiger partial charge in [0.05, 0.1) is 5.75 Å². The molecule has 2 aromatic heterocycles. The number of rotatable bonds is 9. The number of fused-ring (bicyclic) bond motifs is 1. The molecule has 0 spiro atoms. The third-order valence-corrected chi connectivity index (χ3v) is 6.36. The molecule has 0 bridgehead atoms. The molecule has 0 atom stereocenters. The number of thioether (sulfide) groups is 1. The maximum Gasteiger partial charge on any atom is 0.234 e. The molecule has 1 amide bonds. The fraction of sp³-hybridized carbons (Fsp3) is 0.368. The van der Waals surface area contributed by atoms with Crippen LogP contribution in [0.15, 0.2) is 35.6 Å². The number of amides is 1. The van der Waals surface area contributed by atoms with Gasteiger partial charge in [-0.1, -0.05) is 48.5 Å². The van der Waals surface area contributed by atoms with E-state index in [0.717, 1.165) is 46.5 Å². The van der Waals surface area contributed by atoms with Gasteiger partial charge in [0, 0.05) is 23.8 Å². The Labute approximate surface area is 177 Å². The van der Waals surface area contributed by atoms with Crippen LogP contribution in [0.3, 0.4) is 0 Å². The second kappa shape index (κ2) is 10.0. The molecule has 0 radical (unpaired) electrons. The average Bonchev–Trinajstić information content (AvgIpc) is 3.13. The van der Waals surface area contributed by atoms with E-state index >= 15 is 0 Å². The van der Waals surface area contributed by atoms with E-state index in [2.05, 4.69) is 39.0 Å². The lowest BCUT2D eigenvalue weighted by Gasteiger charge is -2.19. The van der Waals surface area contributed by atoms with Gasteiger partial charge in [-0.15, -0.1) is 0 Å². The fourth-order valence-electron chi connectivity index (χ4n) is 2.67. The minimum atomic E-state index is -0.0950. The summed E-state index contributed by atoms with van der Waals surface area (Å²) in [5, 5.41) is 5.25. The number of hydrogen-bond donors (Lipinski definition) is 1. The molecule has 3 aromatic rings. The van der Waals surface area contributed by atoms with Crippen molar-refractivity contribution in [2.24, 2.45) is 0 Å². The third kappa shape index (κ3) is 5.33. The first-order chi connectivity index (χ1) is 13.6. The van der Waals surface area contributed by atoms with Crippen molar-refractivity contribution in [2.45, 2.75) is 31.7 Å². The van der Waals surface area contributed by atoms with E-state index in [9.17, 15) is 4.79 Å². The maximum absolute atomic E-state index is 12.3. The van der Waals surface area contributed by atoms with E-state index in [1.54, 1.807) is 35.6 Å². The van der Waals surface area contributed by atoms with Gasteiger partial charge in [-0.05, 0) is 37.1 Å². The Morgan fingerprint density at radius 2 is 1.89 bits per heavy atom. The molecule has 0 aliphatic carbocycles. The highest BCUT2D eigenvalue weighted by Gasteiger charge is 2.16. The van der Waals surface area contributed by atoms with Crippen molar-refractivity contribution in [2.75, 3.05) is 29.1 Å². The molecule has 1 N–H and O–H groups in total. The third-order valence-electron chi connectivity index (χ3n) is 3.87. The van der Waals surface area contributed by atoms with Crippen molar-refractivity contribution >= 4 is 61.8 Å². The quantitative estimate of drug-likeness (QED) is 0.372. The van der Waals surface area contributed by atoms with Crippen LogP contribution in [-0.4, -0.2) is 39.7 Å². The van der Waals surface area contributed by atoms with Crippen LogP contribution in [0, 0.1) is 0 Å². The van der Waals surface area contributed by atoms with Crippen molar-refractivity contribution in [1.29, 1.82) is 0 Å². The predicted octanol–water partition coefficient (Wildman–Crippen LogP) is 5.10. The Bertz CT molecular complexity index is 926. The molecular weight excluding hydrogens is 414 g/mol. The second-order valence-electron chi connectivity index (χ2n) is 6.16. The standard InChI is InChI=1S/C19H22ClN5OS2/c1-3-9-25(10-4-2)19-24-17-16(28-19)18(22-12-21-17)27-11-15(26)23-14-7-5-13(20)6-8-14/h5-8,12H,3-4,9-11H2,1-2H3,(H,23,26). The van der Waals surface area contributed by atoms with Crippen molar-refractivity contribution in [1.82, 2.24) is 15.0 Å². The van der Waals surface area contributed by atoms with Crippen molar-refractivity contribution in [3.05, 3.63) is 35.6 Å². The summed E-state index contributed by atoms with van der Waals surface area (Å²) in [4.78, 5) is 27.9. The second-order valence-corrected chi connectivity index (χ2v) is 8.54. The highest BCUT2D eigenvalue weighted by Crippen LogP contribution is 2.34. The van der Waals surface area contributed by atoms with Gasteiger partial charge in [-0.25, -0.2) is 9.97 Å². The van der Waals surface area contributed by atoms with E-state index < -0.39 is 0 Å². The zero-order valence-corrected chi connectivity index (χ0v) is 18.2. The van der Waals surface area contributed by atoms with Gasteiger partial charge in [0.15, 0.2) is 10.8 Å². The van der Waals surface area contributed by atoms with Crippen molar-refractivity contribution in [3.63, 3.8) is 0 Å². The largest absolute Gasteiger partial charge is 0.348 e. The van der Waals surface area contributed by atoms with Crippen LogP contribution in [0.1, 0.15) is 26.7 Å². The molecule has 0 saturated heterocycles. The number of benzene rings is 1. The van der Waals surface area contributed by atoms with E-state index in [-0.39, 0.29) is 11.7 Å². The number of nitrogens with zero attached hydrogens (tertiary/aromatic N) is 4. The summed E-state index contributed by atoms with van der Waals surface area (Å²) in [5.74, 6) is 0.165. The average molecular weight is 436 g/mol. The van der Waals surface area contributed by atoms with Crippen LogP contribution < -0.4 is 10.2 Å². The first-order valence-corrected chi connectivity index (χ1v) is 11.3. The van der Waals surface area contributed by atoms with Gasteiger partial charge in [-0.3, -0.25) is 4.79 Å². The van der Waals surface area contributed by atoms with E-state index in [1.807, 2.05) is 0 Å². The number of aromatic nitrogens is 3. The monoisotopic (exact) mass is 435 g/mol. The molecule has 1 aromatic carbocycles. The van der Waals surface area contributed by atoms with Crippen LogP contribution in [0.2, 0.25) is 5.02 Å². The summed E-state index contributed by atoms with van der Waals surface area (Å²) < 4.78 is 0.930. The number of halogens is 1. The van der Waals surface area contributed by atoms with Gasteiger partial charge in [0.2, 0.25) is 5.91 Å². The van der Waals surface area contributed by atoms with E-state index in [4.69, 9.17) is 11.6 Å². The molecule has 6 nitrogen and oxygen atoms in total.